The first-order valence-electron chi connectivity index (χ1n) is 7.97. The van der Waals surface area contributed by atoms with Crippen molar-refractivity contribution in [1.29, 1.82) is 0 Å². The summed E-state index contributed by atoms with van der Waals surface area (Å²) in [5, 5.41) is 0.643. The number of ketones is 1. The summed E-state index contributed by atoms with van der Waals surface area (Å²) in [6.07, 6.45) is 2.96. The maximum Gasteiger partial charge on any atom is 0.185 e. The highest BCUT2D eigenvalue weighted by Crippen LogP contribution is 2.26. The van der Waals surface area contributed by atoms with Crippen molar-refractivity contribution < 1.29 is 18.3 Å². The van der Waals surface area contributed by atoms with Crippen molar-refractivity contribution in [2.45, 2.75) is 13.5 Å². The number of hydrogen-bond donors (Lipinski definition) is 0. The van der Waals surface area contributed by atoms with Gasteiger partial charge in [-0.1, -0.05) is 17.7 Å². The van der Waals surface area contributed by atoms with Gasteiger partial charge >= 0.3 is 0 Å². The molecule has 0 aliphatic rings. The second kappa shape index (κ2) is 8.02. The Hall–Kier alpha value is -2.85. The minimum absolute atomic E-state index is 0.228. The van der Waals surface area contributed by atoms with E-state index in [9.17, 15) is 9.18 Å². The van der Waals surface area contributed by atoms with Crippen molar-refractivity contribution in [2.75, 3.05) is 0 Å². The molecule has 5 heteroatoms. The lowest BCUT2D eigenvalue weighted by Gasteiger charge is -2.08. The summed E-state index contributed by atoms with van der Waals surface area (Å²) in [4.78, 5) is 12.0. The summed E-state index contributed by atoms with van der Waals surface area (Å²) in [5.74, 6) is 1.24. The lowest BCUT2D eigenvalue weighted by atomic mass is 10.1. The van der Waals surface area contributed by atoms with Gasteiger partial charge in [0.1, 0.15) is 29.7 Å². The fourth-order valence-electron chi connectivity index (χ4n) is 2.32. The van der Waals surface area contributed by atoms with Crippen molar-refractivity contribution in [3.63, 3.8) is 0 Å². The number of carbonyl (C=O) groups excluding carboxylic acids is 1. The maximum absolute atomic E-state index is 12.9. The smallest absolute Gasteiger partial charge is 0.185 e. The molecule has 0 atom stereocenters. The molecule has 3 rings (SSSR count). The lowest BCUT2D eigenvalue weighted by molar-refractivity contribution is 0.104. The van der Waals surface area contributed by atoms with E-state index in [2.05, 4.69) is 0 Å². The van der Waals surface area contributed by atoms with Crippen LogP contribution in [0.25, 0.3) is 6.08 Å². The van der Waals surface area contributed by atoms with Crippen molar-refractivity contribution in [3.8, 4) is 5.75 Å². The first-order chi connectivity index (χ1) is 12.5. The summed E-state index contributed by atoms with van der Waals surface area (Å²) in [6, 6.07) is 14.4. The van der Waals surface area contributed by atoms with Crippen LogP contribution >= 0.6 is 11.6 Å². The van der Waals surface area contributed by atoms with Gasteiger partial charge in [0.2, 0.25) is 0 Å². The average molecular weight is 371 g/mol. The van der Waals surface area contributed by atoms with E-state index in [-0.39, 0.29) is 18.2 Å². The monoisotopic (exact) mass is 370 g/mol. The van der Waals surface area contributed by atoms with Crippen molar-refractivity contribution >= 4 is 23.5 Å². The van der Waals surface area contributed by atoms with Gasteiger partial charge in [-0.2, -0.15) is 0 Å². The lowest BCUT2D eigenvalue weighted by Crippen LogP contribution is -1.95. The van der Waals surface area contributed by atoms with E-state index >= 15 is 0 Å². The summed E-state index contributed by atoms with van der Waals surface area (Å²) >= 11 is 6.06. The van der Waals surface area contributed by atoms with Crippen molar-refractivity contribution in [2.24, 2.45) is 0 Å². The molecule has 0 unspecified atom stereocenters. The Balaban J connectivity index is 1.61. The molecule has 0 aliphatic carbocycles. The number of allylic oxidation sites excluding steroid dienone is 1. The Labute approximate surface area is 155 Å². The van der Waals surface area contributed by atoms with Gasteiger partial charge in [0, 0.05) is 16.1 Å². The van der Waals surface area contributed by atoms with Gasteiger partial charge < -0.3 is 9.15 Å². The molecule has 0 N–H and O–H groups in total. The van der Waals surface area contributed by atoms with E-state index in [1.54, 1.807) is 24.3 Å². The third-order valence-electron chi connectivity index (χ3n) is 3.80. The molecule has 132 valence electrons. The van der Waals surface area contributed by atoms with Crippen LogP contribution in [0.4, 0.5) is 4.39 Å². The molecule has 0 saturated carbocycles. The van der Waals surface area contributed by atoms with Crippen LogP contribution in [-0.4, -0.2) is 5.78 Å². The van der Waals surface area contributed by atoms with Gasteiger partial charge in [-0.25, -0.2) is 4.39 Å². The highest BCUT2D eigenvalue weighted by molar-refractivity contribution is 6.31. The molecule has 2 aromatic carbocycles. The van der Waals surface area contributed by atoms with Crippen LogP contribution in [0.15, 0.2) is 65.1 Å². The first-order valence-corrected chi connectivity index (χ1v) is 8.35. The van der Waals surface area contributed by atoms with E-state index < -0.39 is 0 Å². The molecule has 1 aromatic heterocycles. The van der Waals surface area contributed by atoms with Crippen LogP contribution in [0.1, 0.15) is 27.4 Å². The molecule has 0 amide bonds. The van der Waals surface area contributed by atoms with Crippen LogP contribution in [0, 0.1) is 12.7 Å². The van der Waals surface area contributed by atoms with E-state index in [1.165, 1.54) is 30.3 Å². The minimum Gasteiger partial charge on any atom is -0.485 e. The van der Waals surface area contributed by atoms with E-state index in [0.717, 1.165) is 5.56 Å². The van der Waals surface area contributed by atoms with Gasteiger partial charge in [0.15, 0.2) is 5.78 Å². The second-order valence-electron chi connectivity index (χ2n) is 5.66. The fraction of sp³-hybridized carbons (Fsp3) is 0.0952. The number of ether oxygens (including phenoxy) is 1. The van der Waals surface area contributed by atoms with E-state index in [1.807, 2.05) is 19.1 Å². The quantitative estimate of drug-likeness (QED) is 0.403. The molecular weight excluding hydrogens is 355 g/mol. The zero-order valence-corrected chi connectivity index (χ0v) is 14.8. The second-order valence-corrected chi connectivity index (χ2v) is 6.07. The molecule has 0 radical (unpaired) electrons. The molecule has 0 aliphatic heterocycles. The number of halogens is 2. The summed E-state index contributed by atoms with van der Waals surface area (Å²) in [5.41, 5.74) is 1.28. The molecule has 0 spiro atoms. The third-order valence-corrected chi connectivity index (χ3v) is 4.21. The topological polar surface area (TPSA) is 39.4 Å². The Morgan fingerprint density at radius 2 is 1.92 bits per heavy atom. The highest BCUT2D eigenvalue weighted by atomic mass is 35.5. The SMILES string of the molecule is Cc1c(Cl)cccc1OCc1ccc(/C=C/C(=O)c2ccc(F)cc2)o1. The maximum atomic E-state index is 12.9. The van der Waals surface area contributed by atoms with E-state index in [0.29, 0.717) is 27.9 Å². The number of hydrogen-bond acceptors (Lipinski definition) is 3. The van der Waals surface area contributed by atoms with Crippen LogP contribution < -0.4 is 4.74 Å². The number of furan rings is 1. The largest absolute Gasteiger partial charge is 0.485 e. The van der Waals surface area contributed by atoms with Gasteiger partial charge in [0.05, 0.1) is 0 Å². The average Bonchev–Trinajstić information content (AvgIpc) is 3.09. The molecule has 3 aromatic rings. The zero-order valence-electron chi connectivity index (χ0n) is 14.0. The molecule has 0 fully saturated rings. The minimum atomic E-state index is -0.379. The van der Waals surface area contributed by atoms with Crippen LogP contribution in [0.3, 0.4) is 0 Å². The number of benzene rings is 2. The van der Waals surface area contributed by atoms with Crippen molar-refractivity contribution in [1.82, 2.24) is 0 Å². The van der Waals surface area contributed by atoms with Gasteiger partial charge in [0.25, 0.3) is 0 Å². The summed E-state index contributed by atoms with van der Waals surface area (Å²) in [7, 11) is 0. The molecule has 0 bridgehead atoms. The Morgan fingerprint density at radius 3 is 2.69 bits per heavy atom. The Morgan fingerprint density at radius 1 is 1.15 bits per heavy atom. The first kappa shape index (κ1) is 18.0. The predicted molar refractivity (Wildman–Crippen MR) is 99.0 cm³/mol. The normalized spacial score (nSPS) is 11.0. The molecule has 0 saturated heterocycles. The Bertz CT molecular complexity index is 942. The van der Waals surface area contributed by atoms with Crippen LogP contribution in [0.2, 0.25) is 5.02 Å². The fourth-order valence-corrected chi connectivity index (χ4v) is 2.49. The van der Waals surface area contributed by atoms with Gasteiger partial charge in [-0.15, -0.1) is 0 Å². The highest BCUT2D eigenvalue weighted by Gasteiger charge is 2.06. The summed E-state index contributed by atoms with van der Waals surface area (Å²) in [6.45, 7) is 2.13. The van der Waals surface area contributed by atoms with E-state index in [4.69, 9.17) is 20.8 Å². The van der Waals surface area contributed by atoms with Gasteiger partial charge in [-0.05, 0) is 67.6 Å². The Kier molecular flexibility index (Phi) is 5.54. The molecule has 3 nitrogen and oxygen atoms in total. The van der Waals surface area contributed by atoms with Crippen LogP contribution in [-0.2, 0) is 6.61 Å². The number of rotatable bonds is 6. The standard InChI is InChI=1S/C21H16ClFO3/c1-14-19(22)3-2-4-21(14)25-13-18-10-9-17(26-18)11-12-20(24)15-5-7-16(23)8-6-15/h2-12H,13H2,1H3/b12-11+. The third kappa shape index (κ3) is 4.41. The zero-order chi connectivity index (χ0) is 18.5. The van der Waals surface area contributed by atoms with Gasteiger partial charge in [-0.3, -0.25) is 4.79 Å². The van der Waals surface area contributed by atoms with Crippen LogP contribution in [0.5, 0.6) is 5.75 Å². The van der Waals surface area contributed by atoms with Crippen molar-refractivity contribution in [3.05, 3.63) is 94.2 Å². The molecule has 26 heavy (non-hydrogen) atoms. The molecular formula is C21H16ClFO3. The predicted octanol–water partition coefficient (Wildman–Crippen LogP) is 5.86. The molecule has 1 heterocycles. The summed E-state index contributed by atoms with van der Waals surface area (Å²) < 4.78 is 24.2. The number of carbonyl (C=O) groups is 1.